The van der Waals surface area contributed by atoms with Gasteiger partial charge in [0.2, 0.25) is 5.91 Å². The summed E-state index contributed by atoms with van der Waals surface area (Å²) in [4.78, 5) is 10.6. The van der Waals surface area contributed by atoms with Crippen LogP contribution >= 0.6 is 0 Å². The number of methoxy groups -OCH3 is 1. The van der Waals surface area contributed by atoms with Crippen LogP contribution in [0.25, 0.3) is 0 Å². The van der Waals surface area contributed by atoms with Crippen molar-refractivity contribution in [3.8, 4) is 0 Å². The molecule has 1 N–H and O–H groups in total. The number of hydrogen-bond donors (Lipinski definition) is 1. The lowest BCUT2D eigenvalue weighted by molar-refractivity contribution is -0.124. The van der Waals surface area contributed by atoms with Crippen LogP contribution < -0.4 is 5.32 Å². The van der Waals surface area contributed by atoms with Gasteiger partial charge in [-0.2, -0.15) is 0 Å². The summed E-state index contributed by atoms with van der Waals surface area (Å²) in [5.74, 6) is 0.142. The molecule has 1 amide bonds. The van der Waals surface area contributed by atoms with Gasteiger partial charge < -0.3 is 10.1 Å². The van der Waals surface area contributed by atoms with Gasteiger partial charge in [0.15, 0.2) is 0 Å². The van der Waals surface area contributed by atoms with Gasteiger partial charge in [-0.05, 0) is 6.42 Å². The molecule has 0 saturated carbocycles. The van der Waals surface area contributed by atoms with Crippen LogP contribution in [0.1, 0.15) is 12.8 Å². The van der Waals surface area contributed by atoms with Crippen LogP contribution in [0.15, 0.2) is 0 Å². The Morgan fingerprint density at radius 3 is 3.00 bits per heavy atom. The van der Waals surface area contributed by atoms with Gasteiger partial charge in [-0.25, -0.2) is 0 Å². The second kappa shape index (κ2) is 2.82. The van der Waals surface area contributed by atoms with Gasteiger partial charge in [0.25, 0.3) is 0 Å². The first-order valence-electron chi connectivity index (χ1n) is 3.12. The van der Waals surface area contributed by atoms with Gasteiger partial charge in [0.05, 0.1) is 6.10 Å². The third kappa shape index (κ3) is 1.68. The van der Waals surface area contributed by atoms with E-state index in [1.54, 1.807) is 7.11 Å². The number of amides is 1. The predicted octanol–water partition coefficient (Wildman–Crippen LogP) is -0.0886. The number of piperidine rings is 1. The minimum absolute atomic E-state index is 0.142. The van der Waals surface area contributed by atoms with Crippen molar-refractivity contribution in [1.82, 2.24) is 5.32 Å². The lowest BCUT2D eigenvalue weighted by Gasteiger charge is -2.20. The number of ether oxygens (including phenoxy) is 1. The van der Waals surface area contributed by atoms with Gasteiger partial charge in [-0.1, -0.05) is 0 Å². The Hall–Kier alpha value is -0.570. The lowest BCUT2D eigenvalue weighted by Crippen LogP contribution is -2.38. The van der Waals surface area contributed by atoms with Gasteiger partial charge >= 0.3 is 0 Å². The molecule has 9 heavy (non-hydrogen) atoms. The number of hydrogen-bond acceptors (Lipinski definition) is 2. The van der Waals surface area contributed by atoms with Crippen LogP contribution in [0.5, 0.6) is 0 Å². The van der Waals surface area contributed by atoms with Crippen LogP contribution in [-0.4, -0.2) is 25.7 Å². The first-order valence-corrected chi connectivity index (χ1v) is 3.12. The summed E-state index contributed by atoms with van der Waals surface area (Å²) in [6.07, 6.45) is 1.71. The minimum Gasteiger partial charge on any atom is -0.380 e. The molecule has 0 radical (unpaired) electrons. The average molecular weight is 129 g/mol. The van der Waals surface area contributed by atoms with E-state index in [0.29, 0.717) is 13.0 Å². The highest BCUT2D eigenvalue weighted by Gasteiger charge is 2.16. The van der Waals surface area contributed by atoms with Gasteiger partial charge in [0, 0.05) is 20.1 Å². The van der Waals surface area contributed by atoms with Crippen molar-refractivity contribution in [2.24, 2.45) is 0 Å². The van der Waals surface area contributed by atoms with Crippen molar-refractivity contribution >= 4 is 5.91 Å². The summed E-state index contributed by atoms with van der Waals surface area (Å²) in [7, 11) is 1.67. The zero-order chi connectivity index (χ0) is 6.69. The number of carbonyl (C=O) groups is 1. The van der Waals surface area contributed by atoms with E-state index in [1.165, 1.54) is 0 Å². The molecule has 0 aliphatic carbocycles. The Bertz CT molecular complexity index is 104. The standard InChI is InChI=1S/C6H11NO2/c1-9-5-2-3-6(8)7-4-5/h5H,2-4H2,1H3,(H,7,8)/t5-/m0/s1. The molecule has 1 heterocycles. The molecule has 3 nitrogen and oxygen atoms in total. The maximum Gasteiger partial charge on any atom is 0.220 e. The third-order valence-electron chi connectivity index (χ3n) is 1.55. The molecule has 1 atom stereocenters. The monoisotopic (exact) mass is 129 g/mol. The first-order chi connectivity index (χ1) is 4.33. The summed E-state index contributed by atoms with van der Waals surface area (Å²) in [6.45, 7) is 0.676. The van der Waals surface area contributed by atoms with Gasteiger partial charge in [0.1, 0.15) is 0 Å². The molecule has 0 spiro atoms. The Balaban J connectivity index is 2.26. The second-order valence-corrected chi connectivity index (χ2v) is 2.20. The molecule has 0 bridgehead atoms. The Kier molecular flexibility index (Phi) is 2.05. The molecule has 1 fully saturated rings. The van der Waals surface area contributed by atoms with E-state index < -0.39 is 0 Å². The molecule has 1 saturated heterocycles. The molecule has 0 aromatic rings. The van der Waals surface area contributed by atoms with Crippen LogP contribution in [0.2, 0.25) is 0 Å². The third-order valence-corrected chi connectivity index (χ3v) is 1.55. The highest BCUT2D eigenvalue weighted by molar-refractivity contribution is 5.76. The quantitative estimate of drug-likeness (QED) is 0.537. The smallest absolute Gasteiger partial charge is 0.220 e. The molecule has 0 aromatic carbocycles. The van der Waals surface area contributed by atoms with E-state index in [1.807, 2.05) is 0 Å². The molecule has 0 aromatic heterocycles. The van der Waals surface area contributed by atoms with Crippen molar-refractivity contribution < 1.29 is 9.53 Å². The molecular formula is C6H11NO2. The van der Waals surface area contributed by atoms with E-state index in [9.17, 15) is 4.79 Å². The number of carbonyl (C=O) groups excluding carboxylic acids is 1. The Morgan fingerprint density at radius 1 is 1.78 bits per heavy atom. The zero-order valence-electron chi connectivity index (χ0n) is 5.52. The fourth-order valence-corrected chi connectivity index (χ4v) is 0.911. The predicted molar refractivity (Wildman–Crippen MR) is 33.0 cm³/mol. The molecule has 1 aliphatic heterocycles. The van der Waals surface area contributed by atoms with E-state index in [-0.39, 0.29) is 12.0 Å². The van der Waals surface area contributed by atoms with Crippen LogP contribution in [0.3, 0.4) is 0 Å². The fourth-order valence-electron chi connectivity index (χ4n) is 0.911. The van der Waals surface area contributed by atoms with E-state index in [2.05, 4.69) is 5.32 Å². The molecule has 1 aliphatic rings. The molecule has 3 heteroatoms. The molecule has 0 unspecified atom stereocenters. The van der Waals surface area contributed by atoms with Crippen molar-refractivity contribution in [3.05, 3.63) is 0 Å². The van der Waals surface area contributed by atoms with Crippen LogP contribution in [-0.2, 0) is 9.53 Å². The summed E-state index contributed by atoms with van der Waals surface area (Å²) in [6, 6.07) is 0. The fraction of sp³-hybridized carbons (Fsp3) is 0.833. The molecular weight excluding hydrogens is 118 g/mol. The Labute approximate surface area is 54.4 Å². The van der Waals surface area contributed by atoms with Gasteiger partial charge in [-0.3, -0.25) is 4.79 Å². The molecule has 52 valence electrons. The summed E-state index contributed by atoms with van der Waals surface area (Å²) >= 11 is 0. The van der Waals surface area contributed by atoms with Crippen molar-refractivity contribution in [2.45, 2.75) is 18.9 Å². The zero-order valence-corrected chi connectivity index (χ0v) is 5.52. The topological polar surface area (TPSA) is 38.3 Å². The Morgan fingerprint density at radius 2 is 2.56 bits per heavy atom. The van der Waals surface area contributed by atoms with E-state index >= 15 is 0 Å². The minimum atomic E-state index is 0.142. The van der Waals surface area contributed by atoms with Crippen LogP contribution in [0.4, 0.5) is 0 Å². The van der Waals surface area contributed by atoms with E-state index in [4.69, 9.17) is 4.74 Å². The maximum atomic E-state index is 10.6. The normalized spacial score (nSPS) is 27.7. The number of rotatable bonds is 1. The lowest BCUT2D eigenvalue weighted by atomic mass is 10.1. The van der Waals surface area contributed by atoms with Crippen molar-refractivity contribution in [1.29, 1.82) is 0 Å². The SMILES string of the molecule is CO[C@H]1CCC(=O)NC1. The highest BCUT2D eigenvalue weighted by atomic mass is 16.5. The summed E-state index contributed by atoms with van der Waals surface area (Å²) in [5.41, 5.74) is 0. The number of nitrogens with one attached hydrogen (secondary N) is 1. The van der Waals surface area contributed by atoms with Crippen LogP contribution in [0, 0.1) is 0 Å². The van der Waals surface area contributed by atoms with Crippen molar-refractivity contribution in [3.63, 3.8) is 0 Å². The average Bonchev–Trinajstić information content (AvgIpc) is 1.90. The largest absolute Gasteiger partial charge is 0.380 e. The van der Waals surface area contributed by atoms with Gasteiger partial charge in [-0.15, -0.1) is 0 Å². The molecule has 1 rings (SSSR count). The summed E-state index contributed by atoms with van der Waals surface area (Å²) < 4.78 is 5.02. The first kappa shape index (κ1) is 6.55. The highest BCUT2D eigenvalue weighted by Crippen LogP contribution is 2.04. The summed E-state index contributed by atoms with van der Waals surface area (Å²) in [5, 5.41) is 2.72. The van der Waals surface area contributed by atoms with E-state index in [0.717, 1.165) is 6.42 Å². The van der Waals surface area contributed by atoms with Crippen molar-refractivity contribution in [2.75, 3.05) is 13.7 Å². The second-order valence-electron chi connectivity index (χ2n) is 2.20. The maximum absolute atomic E-state index is 10.6.